The van der Waals surface area contributed by atoms with Crippen molar-refractivity contribution in [1.82, 2.24) is 9.88 Å². The first-order valence-corrected chi connectivity index (χ1v) is 7.02. The lowest BCUT2D eigenvalue weighted by Crippen LogP contribution is -2.39. The molecular weight excluding hydrogens is 240 g/mol. The molecule has 0 spiro atoms. The number of nitrogens with two attached hydrogens (primary N) is 1. The molecule has 0 saturated carbocycles. The third-order valence-corrected chi connectivity index (χ3v) is 3.56. The third kappa shape index (κ3) is 3.73. The number of methoxy groups -OCH3 is 1. The molecule has 0 aliphatic carbocycles. The second kappa shape index (κ2) is 6.61. The zero-order chi connectivity index (χ0) is 13.7. The molecule has 2 heterocycles. The Hall–Kier alpha value is -1.49. The van der Waals surface area contributed by atoms with E-state index in [9.17, 15) is 0 Å². The molecule has 0 amide bonds. The fourth-order valence-electron chi connectivity index (χ4n) is 2.52. The first-order valence-electron chi connectivity index (χ1n) is 7.02. The van der Waals surface area contributed by atoms with E-state index < -0.39 is 0 Å². The molecule has 3 N–H and O–H groups in total. The van der Waals surface area contributed by atoms with Crippen LogP contribution in [0.4, 0.5) is 11.5 Å². The van der Waals surface area contributed by atoms with Crippen LogP contribution >= 0.6 is 0 Å². The number of nitrogens with zero attached hydrogens (tertiary/aromatic N) is 2. The Morgan fingerprint density at radius 2 is 2.16 bits per heavy atom. The fourth-order valence-corrected chi connectivity index (χ4v) is 2.52. The van der Waals surface area contributed by atoms with Gasteiger partial charge in [-0.1, -0.05) is 6.92 Å². The highest BCUT2D eigenvalue weighted by Gasteiger charge is 2.18. The van der Waals surface area contributed by atoms with E-state index in [2.05, 4.69) is 22.1 Å². The van der Waals surface area contributed by atoms with Gasteiger partial charge >= 0.3 is 0 Å². The standard InChI is InChI=1S/C14H24N4O/c1-3-8-18-9-6-11(7-10-18)16-13-5-4-12(15)14(17-13)19-2/h4-5,11H,3,6-10,15H2,1-2H3,(H,16,17). The summed E-state index contributed by atoms with van der Waals surface area (Å²) in [6.45, 7) is 5.77. The van der Waals surface area contributed by atoms with E-state index >= 15 is 0 Å². The topological polar surface area (TPSA) is 63.4 Å². The number of ether oxygens (including phenoxy) is 1. The molecule has 1 aliphatic rings. The predicted molar refractivity (Wildman–Crippen MR) is 78.6 cm³/mol. The Bertz CT molecular complexity index is 402. The van der Waals surface area contributed by atoms with Crippen molar-refractivity contribution < 1.29 is 4.74 Å². The Kier molecular flexibility index (Phi) is 4.85. The highest BCUT2D eigenvalue weighted by atomic mass is 16.5. The first kappa shape index (κ1) is 13.9. The van der Waals surface area contributed by atoms with Crippen LogP contribution in [0.5, 0.6) is 5.88 Å². The second-order valence-corrected chi connectivity index (χ2v) is 5.06. The molecule has 1 aromatic heterocycles. The van der Waals surface area contributed by atoms with Gasteiger partial charge in [0.2, 0.25) is 5.88 Å². The lowest BCUT2D eigenvalue weighted by atomic mass is 10.0. The van der Waals surface area contributed by atoms with Gasteiger partial charge in [-0.2, -0.15) is 4.98 Å². The van der Waals surface area contributed by atoms with Crippen LogP contribution in [0.3, 0.4) is 0 Å². The summed E-state index contributed by atoms with van der Waals surface area (Å²) in [5.74, 6) is 1.34. The summed E-state index contributed by atoms with van der Waals surface area (Å²) in [6, 6.07) is 4.24. The normalized spacial score (nSPS) is 17.4. The van der Waals surface area contributed by atoms with Crippen molar-refractivity contribution in [3.63, 3.8) is 0 Å². The van der Waals surface area contributed by atoms with Gasteiger partial charge in [-0.15, -0.1) is 0 Å². The number of pyridine rings is 1. The van der Waals surface area contributed by atoms with Crippen molar-refractivity contribution >= 4 is 11.5 Å². The largest absolute Gasteiger partial charge is 0.479 e. The fraction of sp³-hybridized carbons (Fsp3) is 0.643. The number of aromatic nitrogens is 1. The Balaban J connectivity index is 1.88. The van der Waals surface area contributed by atoms with Gasteiger partial charge in [0.15, 0.2) is 0 Å². The number of anilines is 2. The minimum atomic E-state index is 0.494. The van der Waals surface area contributed by atoms with Crippen molar-refractivity contribution in [2.45, 2.75) is 32.2 Å². The number of rotatable bonds is 5. The van der Waals surface area contributed by atoms with Crippen LogP contribution in [0.15, 0.2) is 12.1 Å². The molecule has 106 valence electrons. The second-order valence-electron chi connectivity index (χ2n) is 5.06. The van der Waals surface area contributed by atoms with Gasteiger partial charge in [-0.25, -0.2) is 0 Å². The van der Waals surface area contributed by atoms with Crippen molar-refractivity contribution in [1.29, 1.82) is 0 Å². The first-order chi connectivity index (χ1) is 9.22. The van der Waals surface area contributed by atoms with Gasteiger partial charge in [-0.3, -0.25) is 0 Å². The summed E-state index contributed by atoms with van der Waals surface area (Å²) in [5.41, 5.74) is 6.34. The summed E-state index contributed by atoms with van der Waals surface area (Å²) in [6.07, 6.45) is 3.55. The van der Waals surface area contributed by atoms with Gasteiger partial charge in [0.25, 0.3) is 0 Å². The number of hydrogen-bond donors (Lipinski definition) is 2. The zero-order valence-electron chi connectivity index (χ0n) is 11.9. The molecular formula is C14H24N4O. The Morgan fingerprint density at radius 3 is 2.79 bits per heavy atom. The average molecular weight is 264 g/mol. The Morgan fingerprint density at radius 1 is 1.42 bits per heavy atom. The number of nitrogen functional groups attached to an aromatic ring is 1. The minimum Gasteiger partial charge on any atom is -0.479 e. The summed E-state index contributed by atoms with van der Waals surface area (Å²) in [7, 11) is 1.59. The van der Waals surface area contributed by atoms with Crippen LogP contribution in [0.1, 0.15) is 26.2 Å². The van der Waals surface area contributed by atoms with Crippen LogP contribution in [0, 0.1) is 0 Å². The van der Waals surface area contributed by atoms with Gasteiger partial charge < -0.3 is 20.7 Å². The molecule has 0 atom stereocenters. The molecule has 0 radical (unpaired) electrons. The average Bonchev–Trinajstić information content (AvgIpc) is 2.43. The van der Waals surface area contributed by atoms with Crippen LogP contribution in [0.2, 0.25) is 0 Å². The highest BCUT2D eigenvalue weighted by molar-refractivity contribution is 5.53. The third-order valence-electron chi connectivity index (χ3n) is 3.56. The van der Waals surface area contributed by atoms with Crippen LogP contribution in [0.25, 0.3) is 0 Å². The smallest absolute Gasteiger partial charge is 0.238 e. The summed E-state index contributed by atoms with van der Waals surface area (Å²) in [4.78, 5) is 6.89. The molecule has 2 rings (SSSR count). The summed E-state index contributed by atoms with van der Waals surface area (Å²) < 4.78 is 5.14. The molecule has 1 saturated heterocycles. The highest BCUT2D eigenvalue weighted by Crippen LogP contribution is 2.22. The maximum Gasteiger partial charge on any atom is 0.238 e. The van der Waals surface area contributed by atoms with Gasteiger partial charge in [0, 0.05) is 19.1 Å². The number of hydrogen-bond acceptors (Lipinski definition) is 5. The predicted octanol–water partition coefficient (Wildman–Crippen LogP) is 1.96. The number of piperidine rings is 1. The molecule has 0 unspecified atom stereocenters. The van der Waals surface area contributed by atoms with Crippen molar-refractivity contribution in [3.05, 3.63) is 12.1 Å². The van der Waals surface area contributed by atoms with E-state index in [0.29, 0.717) is 17.6 Å². The number of nitrogens with one attached hydrogen (secondary N) is 1. The molecule has 5 nitrogen and oxygen atoms in total. The van der Waals surface area contributed by atoms with E-state index in [4.69, 9.17) is 10.5 Å². The van der Waals surface area contributed by atoms with Crippen molar-refractivity contribution in [3.8, 4) is 5.88 Å². The maximum absolute atomic E-state index is 5.76. The van der Waals surface area contributed by atoms with Crippen molar-refractivity contribution in [2.24, 2.45) is 0 Å². The van der Waals surface area contributed by atoms with Crippen LogP contribution in [-0.4, -0.2) is 42.7 Å². The zero-order valence-corrected chi connectivity index (χ0v) is 11.9. The molecule has 5 heteroatoms. The van der Waals surface area contributed by atoms with Crippen molar-refractivity contribution in [2.75, 3.05) is 37.8 Å². The number of likely N-dealkylation sites (tertiary alicyclic amines) is 1. The molecule has 0 bridgehead atoms. The van der Waals surface area contributed by atoms with Crippen LogP contribution < -0.4 is 15.8 Å². The summed E-state index contributed by atoms with van der Waals surface area (Å²) >= 11 is 0. The van der Waals surface area contributed by atoms with Crippen LogP contribution in [-0.2, 0) is 0 Å². The van der Waals surface area contributed by atoms with E-state index in [-0.39, 0.29) is 0 Å². The maximum atomic E-state index is 5.76. The molecule has 19 heavy (non-hydrogen) atoms. The quantitative estimate of drug-likeness (QED) is 0.851. The monoisotopic (exact) mass is 264 g/mol. The van der Waals surface area contributed by atoms with E-state index in [1.807, 2.05) is 12.1 Å². The van der Waals surface area contributed by atoms with E-state index in [1.54, 1.807) is 7.11 Å². The van der Waals surface area contributed by atoms with E-state index in [0.717, 1.165) is 31.7 Å². The molecule has 1 aliphatic heterocycles. The summed E-state index contributed by atoms with van der Waals surface area (Å²) in [5, 5.41) is 3.47. The van der Waals surface area contributed by atoms with E-state index in [1.165, 1.54) is 13.0 Å². The lowest BCUT2D eigenvalue weighted by molar-refractivity contribution is 0.219. The SMILES string of the molecule is CCCN1CCC(Nc2ccc(N)c(OC)n2)CC1. The van der Waals surface area contributed by atoms with Gasteiger partial charge in [0.05, 0.1) is 12.8 Å². The minimum absolute atomic E-state index is 0.494. The molecule has 1 fully saturated rings. The molecule has 0 aromatic carbocycles. The lowest BCUT2D eigenvalue weighted by Gasteiger charge is -2.32. The Labute approximate surface area is 115 Å². The molecule has 1 aromatic rings. The van der Waals surface area contributed by atoms with Gasteiger partial charge in [0.1, 0.15) is 5.82 Å². The van der Waals surface area contributed by atoms with Gasteiger partial charge in [-0.05, 0) is 37.9 Å².